The van der Waals surface area contributed by atoms with Gasteiger partial charge in [-0.1, -0.05) is 36.4 Å². The molecule has 2 aromatic rings. The van der Waals surface area contributed by atoms with Crippen LogP contribution in [-0.2, 0) is 0 Å². The molecule has 0 aliphatic rings. The quantitative estimate of drug-likeness (QED) is 0.721. The summed E-state index contributed by atoms with van der Waals surface area (Å²) in [7, 11) is 0. The molecule has 6 heteroatoms. The Kier molecular flexibility index (Phi) is 3.51. The fraction of sp³-hybridized carbons (Fsp3) is 0.0769. The number of anilines is 1. The second-order valence-electron chi connectivity index (χ2n) is 3.88. The van der Waals surface area contributed by atoms with Crippen LogP contribution in [0.25, 0.3) is 11.1 Å². The highest BCUT2D eigenvalue weighted by Gasteiger charge is 2.17. The van der Waals surface area contributed by atoms with Crippen LogP contribution in [0.2, 0.25) is 0 Å². The van der Waals surface area contributed by atoms with Crippen LogP contribution in [0.3, 0.4) is 0 Å². The van der Waals surface area contributed by atoms with Crippen molar-refractivity contribution in [1.29, 1.82) is 0 Å². The number of nitrogens with two attached hydrogens (primary N) is 1. The molecule has 2 rings (SSSR count). The molecule has 1 amide bonds. The number of rotatable bonds is 3. The van der Waals surface area contributed by atoms with E-state index in [1.807, 2.05) is 6.07 Å². The van der Waals surface area contributed by atoms with Crippen molar-refractivity contribution in [3.63, 3.8) is 0 Å². The Bertz CT molecular complexity index is 655. The van der Waals surface area contributed by atoms with Crippen molar-refractivity contribution in [2.45, 2.75) is 0 Å². The molecule has 0 unspecified atom stereocenters. The lowest BCUT2D eigenvalue weighted by Gasteiger charge is -2.00. The normalized spacial score (nSPS) is 10.1. The zero-order valence-corrected chi connectivity index (χ0v) is 10.2. The molecule has 0 atom stereocenters. The highest BCUT2D eigenvalue weighted by molar-refractivity contribution is 5.81. The van der Waals surface area contributed by atoms with Gasteiger partial charge in [-0.2, -0.15) is 4.68 Å². The number of carbonyl (C=O) groups excluding carboxylic acids is 1. The summed E-state index contributed by atoms with van der Waals surface area (Å²) in [4.78, 5) is 23.9. The first-order valence-corrected chi connectivity index (χ1v) is 5.70. The molecule has 0 saturated heterocycles. The molecular weight excluding hydrogens is 244 g/mol. The van der Waals surface area contributed by atoms with Gasteiger partial charge in [0.2, 0.25) is 0 Å². The Balaban J connectivity index is 2.44. The number of hydrogen-bond donors (Lipinski definition) is 3. The molecule has 1 aromatic carbocycles. The Morgan fingerprint density at radius 2 is 2.11 bits per heavy atom. The molecule has 0 spiro atoms. The van der Waals surface area contributed by atoms with Crippen molar-refractivity contribution in [1.82, 2.24) is 15.1 Å². The maximum absolute atomic E-state index is 12.2. The molecule has 0 saturated carbocycles. The van der Waals surface area contributed by atoms with Crippen molar-refractivity contribution in [2.24, 2.45) is 0 Å². The Morgan fingerprint density at radius 1 is 1.42 bits per heavy atom. The Morgan fingerprint density at radius 3 is 2.74 bits per heavy atom. The maximum atomic E-state index is 12.2. The fourth-order valence-corrected chi connectivity index (χ4v) is 1.72. The van der Waals surface area contributed by atoms with E-state index in [2.05, 4.69) is 17.0 Å². The third-order valence-corrected chi connectivity index (χ3v) is 2.58. The number of aromatic amines is 1. The number of carbonyl (C=O) groups is 1. The van der Waals surface area contributed by atoms with Crippen molar-refractivity contribution in [2.75, 3.05) is 12.3 Å². The average molecular weight is 258 g/mol. The largest absolute Gasteiger partial charge is 0.383 e. The van der Waals surface area contributed by atoms with E-state index < -0.39 is 11.6 Å². The Hall–Kier alpha value is -2.76. The fourth-order valence-electron chi connectivity index (χ4n) is 1.72. The summed E-state index contributed by atoms with van der Waals surface area (Å²) in [6, 6.07) is 8.37. The van der Waals surface area contributed by atoms with Gasteiger partial charge < -0.3 is 11.1 Å². The van der Waals surface area contributed by atoms with Crippen LogP contribution in [-0.4, -0.2) is 22.4 Å². The van der Waals surface area contributed by atoms with Crippen LogP contribution in [0.5, 0.6) is 0 Å². The zero-order valence-electron chi connectivity index (χ0n) is 10.2. The molecule has 4 N–H and O–H groups in total. The number of nitrogens with zero attached hydrogens (tertiary/aromatic N) is 1. The summed E-state index contributed by atoms with van der Waals surface area (Å²) in [5.74, 6) is 0.157. The van der Waals surface area contributed by atoms with E-state index >= 15 is 0 Å². The summed E-state index contributed by atoms with van der Waals surface area (Å²) >= 11 is 0. The van der Waals surface area contributed by atoms with Gasteiger partial charge in [0.1, 0.15) is 5.82 Å². The van der Waals surface area contributed by atoms with Crippen LogP contribution >= 0.6 is 0 Å². The molecule has 0 aliphatic heterocycles. The highest BCUT2D eigenvalue weighted by Crippen LogP contribution is 2.19. The third-order valence-electron chi connectivity index (χ3n) is 2.58. The third kappa shape index (κ3) is 2.42. The van der Waals surface area contributed by atoms with E-state index in [4.69, 9.17) is 5.73 Å². The summed E-state index contributed by atoms with van der Waals surface area (Å²) in [6.07, 6.45) is 1.52. The van der Waals surface area contributed by atoms with E-state index in [0.717, 1.165) is 4.68 Å². The molecule has 1 aromatic heterocycles. The molecule has 0 aliphatic carbocycles. The number of H-pyrrole nitrogens is 1. The minimum atomic E-state index is -0.571. The van der Waals surface area contributed by atoms with E-state index in [1.54, 1.807) is 24.3 Å². The summed E-state index contributed by atoms with van der Waals surface area (Å²) in [6.45, 7) is 3.75. The predicted octanol–water partition coefficient (Wildman–Crippen LogP) is 1.17. The first-order chi connectivity index (χ1) is 9.15. The number of hydrogen-bond acceptors (Lipinski definition) is 3. The van der Waals surface area contributed by atoms with Gasteiger partial charge in [0.05, 0.1) is 5.56 Å². The predicted molar refractivity (Wildman–Crippen MR) is 73.9 cm³/mol. The molecule has 6 nitrogen and oxygen atoms in total. The summed E-state index contributed by atoms with van der Waals surface area (Å²) in [5, 5.41) is 5.06. The molecule has 0 fully saturated rings. The number of aromatic nitrogens is 2. The van der Waals surface area contributed by atoms with Gasteiger partial charge in [-0.3, -0.25) is 9.89 Å². The smallest absolute Gasteiger partial charge is 0.343 e. The number of nitrogens with one attached hydrogen (secondary N) is 2. The first-order valence-electron chi connectivity index (χ1n) is 5.70. The van der Waals surface area contributed by atoms with Gasteiger partial charge >= 0.3 is 6.03 Å². The van der Waals surface area contributed by atoms with Gasteiger partial charge in [0.15, 0.2) is 0 Å². The topological polar surface area (TPSA) is 92.9 Å². The van der Waals surface area contributed by atoms with Gasteiger partial charge in [-0.05, 0) is 5.56 Å². The van der Waals surface area contributed by atoms with Gasteiger partial charge in [0.25, 0.3) is 5.56 Å². The van der Waals surface area contributed by atoms with Crippen LogP contribution in [0.1, 0.15) is 0 Å². The monoisotopic (exact) mass is 258 g/mol. The molecule has 1 heterocycles. The molecular formula is C13H14N4O2. The van der Waals surface area contributed by atoms with Gasteiger partial charge in [0, 0.05) is 6.54 Å². The maximum Gasteiger partial charge on any atom is 0.343 e. The zero-order chi connectivity index (χ0) is 13.8. The van der Waals surface area contributed by atoms with Gasteiger partial charge in [-0.15, -0.1) is 6.58 Å². The Labute approximate surface area is 109 Å². The SMILES string of the molecule is C=CCNC(=O)n1[nH]c(N)c(-c2ccccc2)c1=O. The number of benzene rings is 1. The van der Waals surface area contributed by atoms with Gasteiger partial charge in [-0.25, -0.2) is 4.79 Å². The second-order valence-corrected chi connectivity index (χ2v) is 3.88. The molecule has 0 bridgehead atoms. The van der Waals surface area contributed by atoms with E-state index in [-0.39, 0.29) is 17.9 Å². The lowest BCUT2D eigenvalue weighted by molar-refractivity contribution is 0.240. The minimum absolute atomic E-state index is 0.157. The van der Waals surface area contributed by atoms with E-state index in [0.29, 0.717) is 5.56 Å². The summed E-state index contributed by atoms with van der Waals surface area (Å²) in [5.41, 5.74) is 6.23. The van der Waals surface area contributed by atoms with Crippen molar-refractivity contribution in [3.05, 3.63) is 53.3 Å². The second kappa shape index (κ2) is 5.26. The van der Waals surface area contributed by atoms with Crippen LogP contribution in [0.4, 0.5) is 10.6 Å². The van der Waals surface area contributed by atoms with E-state index in [9.17, 15) is 9.59 Å². The van der Waals surface area contributed by atoms with Crippen LogP contribution < -0.4 is 16.6 Å². The van der Waals surface area contributed by atoms with E-state index in [1.165, 1.54) is 6.08 Å². The first kappa shape index (κ1) is 12.7. The lowest BCUT2D eigenvalue weighted by Crippen LogP contribution is -2.35. The van der Waals surface area contributed by atoms with Crippen molar-refractivity contribution >= 4 is 11.8 Å². The lowest BCUT2D eigenvalue weighted by atomic mass is 10.1. The minimum Gasteiger partial charge on any atom is -0.383 e. The van der Waals surface area contributed by atoms with Crippen LogP contribution in [0.15, 0.2) is 47.8 Å². The van der Waals surface area contributed by atoms with Crippen molar-refractivity contribution < 1.29 is 4.79 Å². The molecule has 98 valence electrons. The standard InChI is InChI=1S/C13H14N4O2/c1-2-8-15-13(19)17-12(18)10(11(14)16-17)9-6-4-3-5-7-9/h2-7,16H,1,8,14H2,(H,15,19). The van der Waals surface area contributed by atoms with Crippen LogP contribution in [0, 0.1) is 0 Å². The van der Waals surface area contributed by atoms with Crippen molar-refractivity contribution in [3.8, 4) is 11.1 Å². The number of amides is 1. The molecule has 19 heavy (non-hydrogen) atoms. The average Bonchev–Trinajstić information content (AvgIpc) is 2.72. The number of nitrogen functional groups attached to an aromatic ring is 1. The highest BCUT2D eigenvalue weighted by atomic mass is 16.2. The summed E-state index contributed by atoms with van der Waals surface area (Å²) < 4.78 is 0.848. The molecule has 0 radical (unpaired) electrons.